The summed E-state index contributed by atoms with van der Waals surface area (Å²) in [5.41, 5.74) is 0.319. The molecular formula is C16H21FN4O3S. The van der Waals surface area contributed by atoms with E-state index in [1.807, 2.05) is 6.07 Å². The fraction of sp³-hybridized carbons (Fsp3) is 0.500. The number of aromatic nitrogens is 2. The van der Waals surface area contributed by atoms with Gasteiger partial charge in [0.15, 0.2) is 0 Å². The van der Waals surface area contributed by atoms with Crippen LogP contribution in [0.1, 0.15) is 12.8 Å². The Morgan fingerprint density at radius 1 is 1.36 bits per heavy atom. The second-order valence-electron chi connectivity index (χ2n) is 6.46. The van der Waals surface area contributed by atoms with Crippen LogP contribution in [0.4, 0.5) is 10.1 Å². The average molecular weight is 368 g/mol. The monoisotopic (exact) mass is 368 g/mol. The molecule has 0 radical (unpaired) electrons. The number of halogens is 1. The molecule has 9 heteroatoms. The number of anilines is 1. The van der Waals surface area contributed by atoms with Crippen LogP contribution in [-0.4, -0.2) is 56.8 Å². The van der Waals surface area contributed by atoms with Gasteiger partial charge in [-0.2, -0.15) is 0 Å². The van der Waals surface area contributed by atoms with Crippen LogP contribution in [0.15, 0.2) is 24.5 Å². The highest BCUT2D eigenvalue weighted by molar-refractivity contribution is 7.91. The fourth-order valence-corrected chi connectivity index (χ4v) is 4.61. The number of hydrogen-bond donors (Lipinski definition) is 2. The number of fused-ring (bicyclic) bond motifs is 1. The van der Waals surface area contributed by atoms with Crippen LogP contribution in [-0.2, 0) is 9.73 Å². The van der Waals surface area contributed by atoms with E-state index in [2.05, 4.69) is 14.9 Å². The number of hydrogen-bond acceptors (Lipinski definition) is 7. The molecule has 2 aromatic rings. The van der Waals surface area contributed by atoms with E-state index in [-0.39, 0.29) is 11.6 Å². The molecule has 1 aliphatic rings. The van der Waals surface area contributed by atoms with Crippen molar-refractivity contribution in [1.29, 1.82) is 4.78 Å². The molecule has 2 N–H and O–H groups in total. The first-order chi connectivity index (χ1) is 11.8. The normalized spacial score (nSPS) is 19.6. The minimum atomic E-state index is -2.75. The van der Waals surface area contributed by atoms with Crippen molar-refractivity contribution < 1.29 is 18.4 Å². The number of pyridine rings is 2. The van der Waals surface area contributed by atoms with Gasteiger partial charge in [0.2, 0.25) is 12.7 Å². The SMILES string of the molecule is C[S@](=N)(=O)CC1(O)CCN(c2ccnc3c(OCF)nccc23)CC1. The van der Waals surface area contributed by atoms with Crippen molar-refractivity contribution in [3.8, 4) is 5.88 Å². The van der Waals surface area contributed by atoms with E-state index in [4.69, 9.17) is 9.52 Å². The second kappa shape index (κ2) is 6.72. The first-order valence-corrected chi connectivity index (χ1v) is 10.1. The van der Waals surface area contributed by atoms with Gasteiger partial charge in [-0.1, -0.05) is 0 Å². The van der Waals surface area contributed by atoms with E-state index in [0.717, 1.165) is 11.1 Å². The van der Waals surface area contributed by atoms with E-state index in [1.165, 1.54) is 6.26 Å². The van der Waals surface area contributed by atoms with Crippen molar-refractivity contribution in [3.63, 3.8) is 0 Å². The Hall–Kier alpha value is -2.00. The molecule has 3 rings (SSSR count). The molecule has 1 fully saturated rings. The predicted octanol–water partition coefficient (Wildman–Crippen LogP) is 1.94. The molecule has 3 heterocycles. The summed E-state index contributed by atoms with van der Waals surface area (Å²) in [6, 6.07) is 3.66. The third-order valence-corrected chi connectivity index (χ3v) is 5.46. The maximum atomic E-state index is 12.5. The molecule has 25 heavy (non-hydrogen) atoms. The molecule has 1 aliphatic heterocycles. The summed E-state index contributed by atoms with van der Waals surface area (Å²) >= 11 is 0. The Kier molecular flexibility index (Phi) is 4.79. The lowest BCUT2D eigenvalue weighted by molar-refractivity contribution is 0.0390. The first kappa shape index (κ1) is 17.8. The number of aliphatic hydroxyl groups is 1. The molecule has 0 unspecified atom stereocenters. The number of piperidine rings is 1. The standard InChI is InChI=1S/C16H21FN4O3S/c1-25(18,23)10-16(22)4-8-21(9-5-16)13-3-7-19-14-12(13)2-6-20-15(14)24-11-17/h2-3,6-7,18,22H,4-5,8-11H2,1H3/t25-/m0/s1. The smallest absolute Gasteiger partial charge is 0.242 e. The van der Waals surface area contributed by atoms with Gasteiger partial charge in [0.25, 0.3) is 0 Å². The average Bonchev–Trinajstić information content (AvgIpc) is 2.54. The van der Waals surface area contributed by atoms with Crippen molar-refractivity contribution in [3.05, 3.63) is 24.5 Å². The number of nitrogens with one attached hydrogen (secondary N) is 1. The lowest BCUT2D eigenvalue weighted by Gasteiger charge is -2.39. The topological polar surface area (TPSA) is 99.4 Å². The number of rotatable bonds is 5. The van der Waals surface area contributed by atoms with Gasteiger partial charge in [0.05, 0.1) is 11.4 Å². The fourth-order valence-electron chi connectivity index (χ4n) is 3.29. The Balaban J connectivity index is 1.86. The Bertz CT molecular complexity index is 867. The molecule has 136 valence electrons. The maximum Gasteiger partial charge on any atom is 0.242 e. The predicted molar refractivity (Wildman–Crippen MR) is 94.2 cm³/mol. The highest BCUT2D eigenvalue weighted by Crippen LogP contribution is 2.33. The van der Waals surface area contributed by atoms with Crippen molar-refractivity contribution >= 4 is 26.3 Å². The van der Waals surface area contributed by atoms with Gasteiger partial charge < -0.3 is 14.7 Å². The summed E-state index contributed by atoms with van der Waals surface area (Å²) in [5, 5.41) is 11.4. The van der Waals surface area contributed by atoms with Gasteiger partial charge in [-0.3, -0.25) is 14.0 Å². The summed E-state index contributed by atoms with van der Waals surface area (Å²) in [6.45, 7) is 0.150. The van der Waals surface area contributed by atoms with Gasteiger partial charge in [-0.05, 0) is 25.0 Å². The zero-order valence-corrected chi connectivity index (χ0v) is 14.8. The van der Waals surface area contributed by atoms with E-state index >= 15 is 0 Å². The van der Waals surface area contributed by atoms with Crippen molar-refractivity contribution in [2.24, 2.45) is 0 Å². The largest absolute Gasteiger partial charge is 0.444 e. The molecule has 0 aromatic carbocycles. The minimum Gasteiger partial charge on any atom is -0.444 e. The molecule has 0 bridgehead atoms. The summed E-state index contributed by atoms with van der Waals surface area (Å²) in [4.78, 5) is 10.3. The van der Waals surface area contributed by atoms with Crippen LogP contribution >= 0.6 is 0 Å². The molecule has 1 atom stereocenters. The zero-order chi connectivity index (χ0) is 18.1. The molecule has 0 amide bonds. The Morgan fingerprint density at radius 2 is 2.04 bits per heavy atom. The molecule has 1 saturated heterocycles. The first-order valence-electron chi connectivity index (χ1n) is 7.93. The lowest BCUT2D eigenvalue weighted by Crippen LogP contribution is -2.48. The highest BCUT2D eigenvalue weighted by Gasteiger charge is 2.34. The van der Waals surface area contributed by atoms with E-state index in [1.54, 1.807) is 18.5 Å². The lowest BCUT2D eigenvalue weighted by atomic mass is 9.93. The van der Waals surface area contributed by atoms with Gasteiger partial charge in [0.1, 0.15) is 5.52 Å². The molecule has 0 spiro atoms. The summed E-state index contributed by atoms with van der Waals surface area (Å²) < 4.78 is 36.7. The molecular weight excluding hydrogens is 347 g/mol. The summed E-state index contributed by atoms with van der Waals surface area (Å²) in [6.07, 6.45) is 5.38. The van der Waals surface area contributed by atoms with Crippen LogP contribution in [0.2, 0.25) is 0 Å². The van der Waals surface area contributed by atoms with Gasteiger partial charge in [0, 0.05) is 52.5 Å². The zero-order valence-electron chi connectivity index (χ0n) is 13.9. The third kappa shape index (κ3) is 3.98. The van der Waals surface area contributed by atoms with Crippen LogP contribution in [0.3, 0.4) is 0 Å². The Labute approximate surface area is 145 Å². The van der Waals surface area contributed by atoms with Crippen molar-refractivity contribution in [2.75, 3.05) is 36.9 Å². The van der Waals surface area contributed by atoms with Gasteiger partial charge >= 0.3 is 0 Å². The van der Waals surface area contributed by atoms with Gasteiger partial charge in [-0.25, -0.2) is 9.37 Å². The molecule has 0 saturated carbocycles. The van der Waals surface area contributed by atoms with Crippen LogP contribution in [0, 0.1) is 4.78 Å². The molecule has 2 aromatic heterocycles. The summed E-state index contributed by atoms with van der Waals surface area (Å²) in [5.74, 6) is 0.138. The quantitative estimate of drug-likeness (QED) is 0.837. The van der Waals surface area contributed by atoms with E-state index in [0.29, 0.717) is 31.4 Å². The van der Waals surface area contributed by atoms with Crippen molar-refractivity contribution in [1.82, 2.24) is 9.97 Å². The van der Waals surface area contributed by atoms with E-state index in [9.17, 15) is 13.7 Å². The number of nitrogens with zero attached hydrogens (tertiary/aromatic N) is 3. The number of alkyl halides is 1. The number of ether oxygens (including phenoxy) is 1. The van der Waals surface area contributed by atoms with Crippen LogP contribution in [0.5, 0.6) is 5.88 Å². The summed E-state index contributed by atoms with van der Waals surface area (Å²) in [7, 11) is -2.75. The molecule has 0 aliphatic carbocycles. The van der Waals surface area contributed by atoms with Crippen LogP contribution < -0.4 is 9.64 Å². The second-order valence-corrected chi connectivity index (χ2v) is 8.76. The highest BCUT2D eigenvalue weighted by atomic mass is 32.2. The minimum absolute atomic E-state index is 0.0106. The third-order valence-electron chi connectivity index (χ3n) is 4.37. The Morgan fingerprint density at radius 3 is 2.68 bits per heavy atom. The van der Waals surface area contributed by atoms with Crippen LogP contribution in [0.25, 0.3) is 10.9 Å². The van der Waals surface area contributed by atoms with E-state index < -0.39 is 22.2 Å². The molecule has 7 nitrogen and oxygen atoms in total. The maximum absolute atomic E-state index is 12.5. The van der Waals surface area contributed by atoms with Crippen molar-refractivity contribution in [2.45, 2.75) is 18.4 Å². The van der Waals surface area contributed by atoms with Gasteiger partial charge in [-0.15, -0.1) is 0 Å².